The van der Waals surface area contributed by atoms with Gasteiger partial charge in [-0.15, -0.1) is 0 Å². The molecule has 0 aliphatic heterocycles. The third kappa shape index (κ3) is 7.91. The first kappa shape index (κ1) is 21.2. The molecule has 0 spiro atoms. The van der Waals surface area contributed by atoms with Gasteiger partial charge in [-0.25, -0.2) is 0 Å². The highest BCUT2D eigenvalue weighted by Crippen LogP contribution is 2.33. The van der Waals surface area contributed by atoms with Crippen LogP contribution >= 0.6 is 0 Å². The largest absolute Gasteiger partial charge is 0.412 e. The number of rotatable bonds is 11. The van der Waals surface area contributed by atoms with Crippen LogP contribution in [0.25, 0.3) is 0 Å². The zero-order valence-corrected chi connectivity index (χ0v) is 13.5. The SMILES string of the molecule is CCCCC(C(C)O)C(N)(CCCC)CCCC.O. The first-order valence-corrected chi connectivity index (χ1v) is 7.98. The smallest absolute Gasteiger partial charge is 0.0557 e. The minimum atomic E-state index is -0.282. The molecule has 0 aromatic rings. The second-order valence-electron chi connectivity index (χ2n) is 5.93. The Morgan fingerprint density at radius 2 is 1.37 bits per heavy atom. The molecule has 0 aromatic carbocycles. The lowest BCUT2D eigenvalue weighted by molar-refractivity contribution is 0.0542. The Morgan fingerprint density at radius 3 is 1.68 bits per heavy atom. The minimum absolute atomic E-state index is 0. The van der Waals surface area contributed by atoms with Crippen LogP contribution in [0, 0.1) is 5.92 Å². The Labute approximate surface area is 120 Å². The maximum absolute atomic E-state index is 10.1. The number of nitrogens with two attached hydrogens (primary N) is 1. The van der Waals surface area contributed by atoms with Crippen LogP contribution in [0.3, 0.4) is 0 Å². The summed E-state index contributed by atoms with van der Waals surface area (Å²) in [5.74, 6) is 0.260. The Hall–Kier alpha value is -0.120. The van der Waals surface area contributed by atoms with Crippen molar-refractivity contribution in [2.45, 2.75) is 97.1 Å². The van der Waals surface area contributed by atoms with Gasteiger partial charge in [-0.05, 0) is 26.2 Å². The molecule has 3 nitrogen and oxygen atoms in total. The Kier molecular flexibility index (Phi) is 13.0. The van der Waals surface area contributed by atoms with Crippen LogP contribution in [-0.4, -0.2) is 22.2 Å². The van der Waals surface area contributed by atoms with E-state index in [1.54, 1.807) is 0 Å². The highest BCUT2D eigenvalue weighted by molar-refractivity contribution is 4.93. The maximum atomic E-state index is 10.1. The maximum Gasteiger partial charge on any atom is 0.0557 e. The van der Waals surface area contributed by atoms with Crippen molar-refractivity contribution >= 4 is 0 Å². The summed E-state index contributed by atoms with van der Waals surface area (Å²) in [7, 11) is 0. The monoisotopic (exact) mass is 275 g/mol. The van der Waals surface area contributed by atoms with Crippen LogP contribution in [0.15, 0.2) is 0 Å². The van der Waals surface area contributed by atoms with Gasteiger partial charge in [0.1, 0.15) is 0 Å². The van der Waals surface area contributed by atoms with E-state index in [1.165, 1.54) is 38.5 Å². The molecular weight excluding hydrogens is 238 g/mol. The topological polar surface area (TPSA) is 77.8 Å². The van der Waals surface area contributed by atoms with Crippen molar-refractivity contribution in [2.75, 3.05) is 0 Å². The van der Waals surface area contributed by atoms with E-state index < -0.39 is 0 Å². The van der Waals surface area contributed by atoms with Gasteiger partial charge in [0.15, 0.2) is 0 Å². The van der Waals surface area contributed by atoms with Gasteiger partial charge in [-0.1, -0.05) is 59.3 Å². The van der Waals surface area contributed by atoms with E-state index in [0.29, 0.717) is 0 Å². The second kappa shape index (κ2) is 11.7. The van der Waals surface area contributed by atoms with Gasteiger partial charge in [0, 0.05) is 11.5 Å². The summed E-state index contributed by atoms with van der Waals surface area (Å²) in [6, 6.07) is 0. The summed E-state index contributed by atoms with van der Waals surface area (Å²) in [4.78, 5) is 0. The number of hydrogen-bond acceptors (Lipinski definition) is 2. The minimum Gasteiger partial charge on any atom is -0.412 e. The molecule has 0 heterocycles. The van der Waals surface area contributed by atoms with Crippen molar-refractivity contribution in [1.82, 2.24) is 0 Å². The average Bonchev–Trinajstić information content (AvgIpc) is 2.34. The predicted octanol–water partition coefficient (Wildman–Crippen LogP) is 3.43. The molecule has 3 heteroatoms. The molecule has 0 saturated heterocycles. The van der Waals surface area contributed by atoms with Crippen LogP contribution in [0.4, 0.5) is 0 Å². The first-order valence-electron chi connectivity index (χ1n) is 7.98. The third-order valence-corrected chi connectivity index (χ3v) is 4.18. The molecule has 0 rings (SSSR count). The molecule has 0 bridgehead atoms. The molecule has 118 valence electrons. The lowest BCUT2D eigenvalue weighted by atomic mass is 9.72. The second-order valence-corrected chi connectivity index (χ2v) is 5.93. The lowest BCUT2D eigenvalue weighted by Crippen LogP contribution is -2.51. The fourth-order valence-corrected chi connectivity index (χ4v) is 2.94. The van der Waals surface area contributed by atoms with Gasteiger partial charge in [0.25, 0.3) is 0 Å². The molecule has 0 aliphatic carbocycles. The molecule has 2 atom stereocenters. The first-order chi connectivity index (χ1) is 8.51. The Balaban J connectivity index is 0. The Morgan fingerprint density at radius 1 is 0.947 bits per heavy atom. The quantitative estimate of drug-likeness (QED) is 0.606. The van der Waals surface area contributed by atoms with E-state index >= 15 is 0 Å². The van der Waals surface area contributed by atoms with Crippen LogP contribution in [0.5, 0.6) is 0 Å². The van der Waals surface area contributed by atoms with Crippen molar-refractivity contribution in [2.24, 2.45) is 11.7 Å². The summed E-state index contributed by atoms with van der Waals surface area (Å²) in [5, 5.41) is 10.1. The molecule has 0 aliphatic rings. The fraction of sp³-hybridized carbons (Fsp3) is 1.00. The number of hydrogen-bond donors (Lipinski definition) is 2. The van der Waals surface area contributed by atoms with Crippen molar-refractivity contribution in [3.63, 3.8) is 0 Å². The van der Waals surface area contributed by atoms with Crippen molar-refractivity contribution < 1.29 is 10.6 Å². The van der Waals surface area contributed by atoms with Gasteiger partial charge in [-0.2, -0.15) is 0 Å². The zero-order chi connectivity index (χ0) is 14.0. The van der Waals surface area contributed by atoms with Gasteiger partial charge < -0.3 is 16.3 Å². The molecule has 5 N–H and O–H groups in total. The summed E-state index contributed by atoms with van der Waals surface area (Å²) in [6.45, 7) is 8.54. The molecule has 0 radical (unpaired) electrons. The summed E-state index contributed by atoms with van der Waals surface area (Å²) in [6.07, 6.45) is 9.98. The van der Waals surface area contributed by atoms with Crippen LogP contribution in [0.1, 0.15) is 85.5 Å². The lowest BCUT2D eigenvalue weighted by Gasteiger charge is -2.40. The highest BCUT2D eigenvalue weighted by Gasteiger charge is 2.35. The molecule has 0 aromatic heterocycles. The molecule has 19 heavy (non-hydrogen) atoms. The third-order valence-electron chi connectivity index (χ3n) is 4.18. The summed E-state index contributed by atoms with van der Waals surface area (Å²) >= 11 is 0. The van der Waals surface area contributed by atoms with Crippen LogP contribution in [-0.2, 0) is 0 Å². The Bertz CT molecular complexity index is 187. The van der Waals surface area contributed by atoms with Crippen molar-refractivity contribution in [3.05, 3.63) is 0 Å². The van der Waals surface area contributed by atoms with Gasteiger partial charge in [0.2, 0.25) is 0 Å². The van der Waals surface area contributed by atoms with Gasteiger partial charge in [0.05, 0.1) is 6.10 Å². The van der Waals surface area contributed by atoms with E-state index in [4.69, 9.17) is 5.73 Å². The van der Waals surface area contributed by atoms with Gasteiger partial charge >= 0.3 is 0 Å². The van der Waals surface area contributed by atoms with E-state index in [9.17, 15) is 5.11 Å². The van der Waals surface area contributed by atoms with Gasteiger partial charge in [-0.3, -0.25) is 0 Å². The summed E-state index contributed by atoms with van der Waals surface area (Å²) < 4.78 is 0. The van der Waals surface area contributed by atoms with E-state index in [0.717, 1.165) is 19.3 Å². The summed E-state index contributed by atoms with van der Waals surface area (Å²) in [5.41, 5.74) is 6.54. The number of aliphatic hydroxyl groups is 1. The number of unbranched alkanes of at least 4 members (excludes halogenated alkanes) is 3. The molecule has 2 unspecified atom stereocenters. The van der Waals surface area contributed by atoms with Crippen LogP contribution < -0.4 is 5.73 Å². The van der Waals surface area contributed by atoms with Crippen molar-refractivity contribution in [1.29, 1.82) is 0 Å². The van der Waals surface area contributed by atoms with E-state index in [-0.39, 0.29) is 23.0 Å². The molecule has 0 amide bonds. The van der Waals surface area contributed by atoms with E-state index in [1.807, 2.05) is 6.92 Å². The number of aliphatic hydroxyl groups excluding tert-OH is 1. The van der Waals surface area contributed by atoms with Crippen LogP contribution in [0.2, 0.25) is 0 Å². The molecular formula is C16H37NO2. The predicted molar refractivity (Wildman–Crippen MR) is 84.3 cm³/mol. The average molecular weight is 275 g/mol. The van der Waals surface area contributed by atoms with Crippen molar-refractivity contribution in [3.8, 4) is 0 Å². The standard InChI is InChI=1S/C16H35NO.H2O/c1-5-8-11-15(14(4)18)16(17,12-9-6-2)13-10-7-3;/h14-15,18H,5-13,17H2,1-4H3;1H2. The highest BCUT2D eigenvalue weighted by atomic mass is 16.3. The van der Waals surface area contributed by atoms with E-state index in [2.05, 4.69) is 20.8 Å². The molecule has 0 fully saturated rings. The molecule has 0 saturated carbocycles. The fourth-order valence-electron chi connectivity index (χ4n) is 2.94. The zero-order valence-electron chi connectivity index (χ0n) is 13.5. The normalized spacial score (nSPS) is 14.8.